The largest absolute Gasteiger partial charge is 0.433 e. The second-order valence-corrected chi connectivity index (χ2v) is 6.82. The molecule has 3 heterocycles. The van der Waals surface area contributed by atoms with Crippen molar-refractivity contribution in [3.63, 3.8) is 0 Å². The zero-order chi connectivity index (χ0) is 19.6. The molecular formula is C17H20F3N5O2. The van der Waals surface area contributed by atoms with Gasteiger partial charge in [-0.2, -0.15) is 13.2 Å². The molecule has 7 nitrogen and oxygen atoms in total. The summed E-state index contributed by atoms with van der Waals surface area (Å²) in [6.45, 7) is 2.33. The van der Waals surface area contributed by atoms with Crippen molar-refractivity contribution in [2.75, 3.05) is 13.1 Å². The summed E-state index contributed by atoms with van der Waals surface area (Å²) in [6, 6.07) is 0.535. The Bertz CT molecular complexity index is 914. The number of alkyl halides is 3. The van der Waals surface area contributed by atoms with E-state index in [1.165, 1.54) is 15.5 Å². The molecule has 0 radical (unpaired) electrons. The van der Waals surface area contributed by atoms with E-state index in [9.17, 15) is 22.8 Å². The van der Waals surface area contributed by atoms with Crippen LogP contribution in [-0.4, -0.2) is 37.1 Å². The molecule has 0 N–H and O–H groups in total. The van der Waals surface area contributed by atoms with Gasteiger partial charge in [0, 0.05) is 38.0 Å². The Hall–Kier alpha value is -2.49. The first-order valence-corrected chi connectivity index (χ1v) is 8.59. The van der Waals surface area contributed by atoms with Crippen LogP contribution in [0.3, 0.4) is 0 Å². The van der Waals surface area contributed by atoms with Crippen molar-refractivity contribution in [2.24, 2.45) is 13.0 Å². The third-order valence-electron chi connectivity index (χ3n) is 4.79. The van der Waals surface area contributed by atoms with E-state index in [0.717, 1.165) is 32.3 Å². The number of likely N-dealkylation sites (tertiary alicyclic amines) is 1. The molecule has 3 rings (SSSR count). The average molecular weight is 383 g/mol. The Labute approximate surface area is 153 Å². The lowest BCUT2D eigenvalue weighted by molar-refractivity contribution is -0.141. The topological polar surface area (TPSA) is 73.0 Å². The van der Waals surface area contributed by atoms with E-state index in [1.807, 2.05) is 0 Å². The monoisotopic (exact) mass is 383 g/mol. The summed E-state index contributed by atoms with van der Waals surface area (Å²) < 4.78 is 40.4. The van der Waals surface area contributed by atoms with Gasteiger partial charge in [0.05, 0.1) is 12.7 Å². The van der Waals surface area contributed by atoms with Gasteiger partial charge in [0.1, 0.15) is 0 Å². The first kappa shape index (κ1) is 19.3. The molecule has 0 atom stereocenters. The van der Waals surface area contributed by atoms with Crippen molar-refractivity contribution in [3.8, 4) is 0 Å². The molecular weight excluding hydrogens is 363 g/mol. The summed E-state index contributed by atoms with van der Waals surface area (Å²) in [5.41, 5.74) is -1.31. The van der Waals surface area contributed by atoms with Crippen LogP contribution < -0.4 is 11.1 Å². The van der Waals surface area contributed by atoms with E-state index in [4.69, 9.17) is 0 Å². The van der Waals surface area contributed by atoms with Crippen molar-refractivity contribution in [3.05, 3.63) is 56.9 Å². The molecule has 0 aromatic carbocycles. The molecule has 2 aromatic heterocycles. The molecule has 0 aliphatic carbocycles. The Kier molecular flexibility index (Phi) is 5.45. The minimum absolute atomic E-state index is 0.0745. The maximum Gasteiger partial charge on any atom is 0.433 e. The molecule has 1 aliphatic rings. The highest BCUT2D eigenvalue weighted by Gasteiger charge is 2.33. The normalized spacial score (nSPS) is 16.6. The summed E-state index contributed by atoms with van der Waals surface area (Å²) >= 11 is 0. The highest BCUT2D eigenvalue weighted by molar-refractivity contribution is 5.05. The molecule has 0 spiro atoms. The number of aromatic nitrogens is 4. The van der Waals surface area contributed by atoms with E-state index in [2.05, 4.69) is 14.9 Å². The van der Waals surface area contributed by atoms with Gasteiger partial charge in [-0.15, -0.1) is 0 Å². The van der Waals surface area contributed by atoms with Crippen LogP contribution in [0.25, 0.3) is 0 Å². The number of halogens is 3. The molecule has 1 fully saturated rings. The highest BCUT2D eigenvalue weighted by Crippen LogP contribution is 2.26. The van der Waals surface area contributed by atoms with Crippen molar-refractivity contribution >= 4 is 0 Å². The van der Waals surface area contributed by atoms with Crippen LogP contribution >= 0.6 is 0 Å². The first-order chi connectivity index (χ1) is 12.7. The van der Waals surface area contributed by atoms with Crippen molar-refractivity contribution in [1.82, 2.24) is 24.0 Å². The van der Waals surface area contributed by atoms with E-state index in [-0.39, 0.29) is 11.5 Å². The minimum Gasteiger partial charge on any atom is -0.302 e. The van der Waals surface area contributed by atoms with Crippen LogP contribution in [0.5, 0.6) is 0 Å². The van der Waals surface area contributed by atoms with Gasteiger partial charge in [0.2, 0.25) is 0 Å². The number of nitrogens with zero attached hydrogens (tertiary/aromatic N) is 5. The van der Waals surface area contributed by atoms with Gasteiger partial charge < -0.3 is 4.57 Å². The third kappa shape index (κ3) is 4.62. The summed E-state index contributed by atoms with van der Waals surface area (Å²) in [5, 5.41) is 0. The SMILES string of the molecule is Cn1cncc(CN2CCC(Cn3cnc(C(F)(F)F)cc3=O)CC2)c1=O. The highest BCUT2D eigenvalue weighted by atomic mass is 19.4. The maximum atomic E-state index is 12.6. The summed E-state index contributed by atoms with van der Waals surface area (Å²) in [6.07, 6.45) is 0.960. The molecule has 0 bridgehead atoms. The van der Waals surface area contributed by atoms with Crippen molar-refractivity contribution in [1.29, 1.82) is 0 Å². The Morgan fingerprint density at radius 1 is 1.19 bits per heavy atom. The lowest BCUT2D eigenvalue weighted by Gasteiger charge is -2.32. The lowest BCUT2D eigenvalue weighted by atomic mass is 9.96. The first-order valence-electron chi connectivity index (χ1n) is 8.59. The second-order valence-electron chi connectivity index (χ2n) is 6.82. The standard InChI is InChI=1S/C17H20F3N5O2/c1-23-10-21-7-13(16(23)27)9-24-4-2-12(3-5-24)8-25-11-22-14(6-15(25)26)17(18,19)20/h6-7,10-12H,2-5,8-9H2,1H3. The zero-order valence-electron chi connectivity index (χ0n) is 14.8. The van der Waals surface area contributed by atoms with E-state index < -0.39 is 17.4 Å². The predicted octanol–water partition coefficient (Wildman–Crippen LogP) is 1.27. The fraction of sp³-hybridized carbons (Fsp3) is 0.529. The van der Waals surface area contributed by atoms with Crippen molar-refractivity contribution in [2.45, 2.75) is 32.1 Å². The molecule has 0 saturated carbocycles. The average Bonchev–Trinajstić information content (AvgIpc) is 2.61. The minimum atomic E-state index is -4.62. The fourth-order valence-corrected chi connectivity index (χ4v) is 3.23. The van der Waals surface area contributed by atoms with Crippen molar-refractivity contribution < 1.29 is 13.2 Å². The molecule has 1 aliphatic heterocycles. The van der Waals surface area contributed by atoms with Crippen LogP contribution in [0.15, 0.2) is 34.5 Å². The van der Waals surface area contributed by atoms with Crippen LogP contribution in [0, 0.1) is 5.92 Å². The molecule has 146 valence electrons. The molecule has 0 unspecified atom stereocenters. The second kappa shape index (κ2) is 7.63. The van der Waals surface area contributed by atoms with Crippen LogP contribution in [0.1, 0.15) is 24.1 Å². The Morgan fingerprint density at radius 3 is 2.52 bits per heavy atom. The lowest BCUT2D eigenvalue weighted by Crippen LogP contribution is -2.37. The summed E-state index contributed by atoms with van der Waals surface area (Å²) in [7, 11) is 1.65. The summed E-state index contributed by atoms with van der Waals surface area (Å²) in [4.78, 5) is 33.5. The van der Waals surface area contributed by atoms with E-state index >= 15 is 0 Å². The smallest absolute Gasteiger partial charge is 0.302 e. The van der Waals surface area contributed by atoms with Crippen LogP contribution in [0.2, 0.25) is 0 Å². The molecule has 0 amide bonds. The van der Waals surface area contributed by atoms with E-state index in [0.29, 0.717) is 24.7 Å². The Balaban J connectivity index is 1.58. The Morgan fingerprint density at radius 2 is 1.89 bits per heavy atom. The van der Waals surface area contributed by atoms with Gasteiger partial charge in [0.25, 0.3) is 11.1 Å². The quantitative estimate of drug-likeness (QED) is 0.795. The molecule has 27 heavy (non-hydrogen) atoms. The third-order valence-corrected chi connectivity index (χ3v) is 4.79. The number of rotatable bonds is 4. The van der Waals surface area contributed by atoms with Gasteiger partial charge in [-0.3, -0.25) is 19.1 Å². The zero-order valence-corrected chi connectivity index (χ0v) is 14.8. The number of hydrogen-bond acceptors (Lipinski definition) is 5. The number of piperidine rings is 1. The van der Waals surface area contributed by atoms with Gasteiger partial charge in [-0.05, 0) is 31.8 Å². The molecule has 1 saturated heterocycles. The summed E-state index contributed by atoms with van der Waals surface area (Å²) in [5.74, 6) is 0.175. The number of aryl methyl sites for hydroxylation is 1. The van der Waals surface area contributed by atoms with Crippen LogP contribution in [0.4, 0.5) is 13.2 Å². The fourth-order valence-electron chi connectivity index (χ4n) is 3.23. The molecule has 2 aromatic rings. The predicted molar refractivity (Wildman–Crippen MR) is 91.0 cm³/mol. The molecule has 10 heteroatoms. The van der Waals surface area contributed by atoms with Crippen LogP contribution in [-0.2, 0) is 26.3 Å². The van der Waals surface area contributed by atoms with Gasteiger partial charge in [-0.25, -0.2) is 9.97 Å². The van der Waals surface area contributed by atoms with Gasteiger partial charge >= 0.3 is 6.18 Å². The van der Waals surface area contributed by atoms with Gasteiger partial charge in [-0.1, -0.05) is 0 Å². The van der Waals surface area contributed by atoms with Gasteiger partial charge in [0.15, 0.2) is 5.69 Å². The van der Waals surface area contributed by atoms with E-state index in [1.54, 1.807) is 13.2 Å². The maximum absolute atomic E-state index is 12.6. The number of hydrogen-bond donors (Lipinski definition) is 0.